The maximum Gasteiger partial charge on any atom is 0.325 e. The van der Waals surface area contributed by atoms with Gasteiger partial charge in [-0.3, -0.25) is 4.90 Å². The smallest absolute Gasteiger partial charge is 0.325 e. The molecule has 1 fully saturated rings. The molecule has 4 N–H and O–H groups in total. The number of carbonyl (C=O) groups excluding carboxylic acids is 1. The van der Waals surface area contributed by atoms with Crippen molar-refractivity contribution >= 4 is 17.8 Å². The van der Waals surface area contributed by atoms with Crippen LogP contribution in [0.3, 0.4) is 0 Å². The van der Waals surface area contributed by atoms with Crippen LogP contribution in [0.2, 0.25) is 0 Å². The maximum absolute atomic E-state index is 11.5. The highest BCUT2D eigenvalue weighted by Gasteiger charge is 2.33. The fraction of sp³-hybridized carbons (Fsp3) is 0.625. The van der Waals surface area contributed by atoms with Crippen molar-refractivity contribution in [1.82, 2.24) is 10.2 Å². The third-order valence-corrected chi connectivity index (χ3v) is 3.28. The fourth-order valence-electron chi connectivity index (χ4n) is 1.43. The van der Waals surface area contributed by atoms with Gasteiger partial charge in [0.25, 0.3) is 0 Å². The van der Waals surface area contributed by atoms with Gasteiger partial charge in [0.15, 0.2) is 0 Å². The molecular weight excluding hydrogens is 218 g/mol. The summed E-state index contributed by atoms with van der Waals surface area (Å²) in [5.74, 6) is 0.651. The number of amides is 2. The molecule has 0 radical (unpaired) electrons. The van der Waals surface area contributed by atoms with Crippen LogP contribution in [0.1, 0.15) is 0 Å². The third kappa shape index (κ3) is 2.25. The first kappa shape index (κ1) is 10.7. The lowest BCUT2D eigenvalue weighted by Crippen LogP contribution is -2.53. The lowest BCUT2D eigenvalue weighted by atomic mass is 10.4. The molecule has 84 valence electrons. The Balaban J connectivity index is 1.99. The van der Waals surface area contributed by atoms with E-state index >= 15 is 0 Å². The summed E-state index contributed by atoms with van der Waals surface area (Å²) in [6.45, 7) is -0.0418. The zero-order valence-corrected chi connectivity index (χ0v) is 8.81. The summed E-state index contributed by atoms with van der Waals surface area (Å²) < 4.78 is 5.44. The first-order chi connectivity index (χ1) is 7.20. The molecule has 0 aromatic carbocycles. The van der Waals surface area contributed by atoms with E-state index in [2.05, 4.69) is 5.32 Å². The zero-order valence-electron chi connectivity index (χ0n) is 8.00. The predicted octanol–water partition coefficient (Wildman–Crippen LogP) is -0.782. The van der Waals surface area contributed by atoms with E-state index in [-0.39, 0.29) is 24.3 Å². The normalized spacial score (nSPS) is 35.7. The van der Waals surface area contributed by atoms with Crippen molar-refractivity contribution in [3.05, 3.63) is 12.3 Å². The van der Waals surface area contributed by atoms with E-state index in [1.165, 1.54) is 16.7 Å². The summed E-state index contributed by atoms with van der Waals surface area (Å²) in [5, 5.41) is 11.5. The molecule has 0 aromatic rings. The molecule has 2 rings (SSSR count). The Morgan fingerprint density at radius 1 is 1.80 bits per heavy atom. The van der Waals surface area contributed by atoms with Gasteiger partial charge < -0.3 is 20.9 Å². The molecule has 1 saturated heterocycles. The minimum atomic E-state index is -0.434. The first-order valence-corrected chi connectivity index (χ1v) is 5.66. The van der Waals surface area contributed by atoms with Crippen molar-refractivity contribution in [2.24, 2.45) is 5.73 Å². The van der Waals surface area contributed by atoms with Gasteiger partial charge in [0.1, 0.15) is 11.7 Å². The monoisotopic (exact) mass is 231 g/mol. The SMILES string of the molecule is NC1C=CN([C@@H]2CS[C@H](CO)O2)C(=O)N1. The molecule has 1 unspecified atom stereocenters. The molecule has 2 amide bonds. The quantitative estimate of drug-likeness (QED) is 0.580. The summed E-state index contributed by atoms with van der Waals surface area (Å²) in [6.07, 6.45) is 2.54. The number of hydrogen-bond acceptors (Lipinski definition) is 5. The van der Waals surface area contributed by atoms with E-state index in [1.807, 2.05) is 0 Å². The van der Waals surface area contributed by atoms with Crippen LogP contribution in [0.25, 0.3) is 0 Å². The molecule has 6 nitrogen and oxygen atoms in total. The number of thioether (sulfide) groups is 1. The number of aliphatic hydroxyl groups excluding tert-OH is 1. The lowest BCUT2D eigenvalue weighted by Gasteiger charge is -2.29. The van der Waals surface area contributed by atoms with Crippen molar-refractivity contribution in [3.8, 4) is 0 Å². The van der Waals surface area contributed by atoms with Crippen LogP contribution >= 0.6 is 11.8 Å². The zero-order chi connectivity index (χ0) is 10.8. The van der Waals surface area contributed by atoms with E-state index in [1.54, 1.807) is 12.3 Å². The summed E-state index contributed by atoms with van der Waals surface area (Å²) in [4.78, 5) is 13.0. The van der Waals surface area contributed by atoms with Crippen LogP contribution in [0, 0.1) is 0 Å². The highest BCUT2D eigenvalue weighted by molar-refractivity contribution is 8.00. The Hall–Kier alpha value is -0.760. The second kappa shape index (κ2) is 4.40. The van der Waals surface area contributed by atoms with E-state index in [0.717, 1.165) is 0 Å². The van der Waals surface area contributed by atoms with E-state index < -0.39 is 6.17 Å². The molecule has 2 aliphatic rings. The molecule has 0 saturated carbocycles. The standard InChI is InChI=1S/C8H13N3O3S/c9-5-1-2-11(8(13)10-5)6-4-15-7(3-12)14-6/h1-2,5-7,12H,3-4,9H2,(H,10,13)/t5?,6-,7+/m0/s1. The Morgan fingerprint density at radius 3 is 3.20 bits per heavy atom. The molecular formula is C8H13N3O3S. The maximum atomic E-state index is 11.5. The number of aliphatic hydroxyl groups is 1. The molecule has 0 aliphatic carbocycles. The number of nitrogens with two attached hydrogens (primary N) is 1. The van der Waals surface area contributed by atoms with Gasteiger partial charge in [-0.1, -0.05) is 0 Å². The Labute approximate surface area is 91.4 Å². The molecule has 0 spiro atoms. The summed E-state index contributed by atoms with van der Waals surface area (Å²) in [6, 6.07) is -0.269. The van der Waals surface area contributed by atoms with Gasteiger partial charge in [-0.2, -0.15) is 0 Å². The molecule has 7 heteroatoms. The van der Waals surface area contributed by atoms with Crippen molar-refractivity contribution < 1.29 is 14.6 Å². The Morgan fingerprint density at radius 2 is 2.60 bits per heavy atom. The number of ether oxygens (including phenoxy) is 1. The van der Waals surface area contributed by atoms with E-state index in [0.29, 0.717) is 5.75 Å². The topological polar surface area (TPSA) is 87.8 Å². The van der Waals surface area contributed by atoms with Crippen LogP contribution in [-0.2, 0) is 4.74 Å². The average molecular weight is 231 g/mol. The number of rotatable bonds is 2. The van der Waals surface area contributed by atoms with Crippen molar-refractivity contribution in [2.45, 2.75) is 17.8 Å². The van der Waals surface area contributed by atoms with Crippen LogP contribution in [0.5, 0.6) is 0 Å². The fourth-order valence-corrected chi connectivity index (χ4v) is 2.36. The minimum Gasteiger partial charge on any atom is -0.393 e. The number of nitrogens with one attached hydrogen (secondary N) is 1. The number of nitrogens with zero attached hydrogens (tertiary/aromatic N) is 1. The van der Waals surface area contributed by atoms with Gasteiger partial charge in [-0.25, -0.2) is 4.79 Å². The average Bonchev–Trinajstić information content (AvgIpc) is 2.66. The highest BCUT2D eigenvalue weighted by atomic mass is 32.2. The molecule has 15 heavy (non-hydrogen) atoms. The van der Waals surface area contributed by atoms with Crippen LogP contribution in [0.15, 0.2) is 12.3 Å². The summed E-state index contributed by atoms with van der Waals surface area (Å²) >= 11 is 1.49. The van der Waals surface area contributed by atoms with Crippen molar-refractivity contribution in [1.29, 1.82) is 0 Å². The largest absolute Gasteiger partial charge is 0.393 e. The van der Waals surface area contributed by atoms with Gasteiger partial charge in [0, 0.05) is 12.0 Å². The predicted molar refractivity (Wildman–Crippen MR) is 55.7 cm³/mol. The molecule has 3 atom stereocenters. The Bertz CT molecular complexity index is 286. The second-order valence-electron chi connectivity index (χ2n) is 3.26. The molecule has 2 aliphatic heterocycles. The van der Waals surface area contributed by atoms with Crippen molar-refractivity contribution in [2.75, 3.05) is 12.4 Å². The van der Waals surface area contributed by atoms with E-state index in [4.69, 9.17) is 15.6 Å². The van der Waals surface area contributed by atoms with Crippen molar-refractivity contribution in [3.63, 3.8) is 0 Å². The van der Waals surface area contributed by atoms with Gasteiger partial charge in [-0.05, 0) is 6.08 Å². The Kier molecular flexibility index (Phi) is 3.15. The molecule has 0 aromatic heterocycles. The van der Waals surface area contributed by atoms with Gasteiger partial charge in [0.2, 0.25) is 0 Å². The van der Waals surface area contributed by atoms with E-state index in [9.17, 15) is 4.79 Å². The number of carbonyl (C=O) groups is 1. The second-order valence-corrected chi connectivity index (χ2v) is 4.45. The minimum absolute atomic E-state index is 0.0418. The van der Waals surface area contributed by atoms with Crippen LogP contribution in [-0.4, -0.2) is 46.2 Å². The third-order valence-electron chi connectivity index (χ3n) is 2.17. The van der Waals surface area contributed by atoms with Gasteiger partial charge in [0.05, 0.1) is 12.8 Å². The summed E-state index contributed by atoms with van der Waals surface area (Å²) in [7, 11) is 0. The summed E-state index contributed by atoms with van der Waals surface area (Å²) in [5.41, 5.74) is 5.26. The van der Waals surface area contributed by atoms with Gasteiger partial charge in [-0.15, -0.1) is 11.8 Å². The highest BCUT2D eigenvalue weighted by Crippen LogP contribution is 2.27. The van der Waals surface area contributed by atoms with Crippen LogP contribution in [0.4, 0.5) is 4.79 Å². The molecule has 0 bridgehead atoms. The van der Waals surface area contributed by atoms with Crippen LogP contribution < -0.4 is 11.1 Å². The lowest BCUT2D eigenvalue weighted by molar-refractivity contribution is -0.0219. The first-order valence-electron chi connectivity index (χ1n) is 4.61. The number of hydrogen-bond donors (Lipinski definition) is 3. The van der Waals surface area contributed by atoms with Gasteiger partial charge >= 0.3 is 6.03 Å². The molecule has 2 heterocycles. The number of urea groups is 1.